The van der Waals surface area contributed by atoms with E-state index >= 15 is 0 Å². The maximum atomic E-state index is 6.17. The summed E-state index contributed by atoms with van der Waals surface area (Å²) in [7, 11) is 0. The lowest BCUT2D eigenvalue weighted by Crippen LogP contribution is -2.13. The van der Waals surface area contributed by atoms with Crippen LogP contribution in [0.3, 0.4) is 0 Å². The van der Waals surface area contributed by atoms with Gasteiger partial charge in [0.2, 0.25) is 0 Å². The molecule has 1 aromatic heterocycles. The molecule has 0 aliphatic rings. The first-order chi connectivity index (χ1) is 10.2. The summed E-state index contributed by atoms with van der Waals surface area (Å²) in [6, 6.07) is 15.8. The fourth-order valence-electron chi connectivity index (χ4n) is 2.31. The van der Waals surface area contributed by atoms with E-state index in [9.17, 15) is 0 Å². The minimum absolute atomic E-state index is 0.655. The van der Waals surface area contributed by atoms with Crippen LogP contribution in [-0.2, 0) is 13.1 Å². The van der Waals surface area contributed by atoms with Crippen molar-refractivity contribution in [3.63, 3.8) is 0 Å². The highest BCUT2D eigenvalue weighted by Crippen LogP contribution is 2.21. The normalized spacial score (nSPS) is 11.0. The predicted octanol–water partition coefficient (Wildman–Crippen LogP) is 4.83. The van der Waals surface area contributed by atoms with Gasteiger partial charge in [-0.2, -0.15) is 0 Å². The van der Waals surface area contributed by atoms with Gasteiger partial charge in [0.25, 0.3) is 0 Å². The maximum Gasteiger partial charge on any atom is 0.0746 e. The second kappa shape index (κ2) is 6.44. The molecule has 0 aliphatic heterocycles. The Hall–Kier alpha value is -1.61. The first-order valence-electron chi connectivity index (χ1n) is 6.71. The average molecular weight is 317 g/mol. The van der Waals surface area contributed by atoms with Crippen LogP contribution in [-0.4, -0.2) is 4.98 Å². The molecule has 1 heterocycles. The Morgan fingerprint density at radius 1 is 0.905 bits per heavy atom. The molecule has 0 atom stereocenters. The van der Waals surface area contributed by atoms with Gasteiger partial charge < -0.3 is 5.32 Å². The molecule has 4 heteroatoms. The van der Waals surface area contributed by atoms with Crippen molar-refractivity contribution in [1.82, 2.24) is 10.3 Å². The van der Waals surface area contributed by atoms with E-state index in [0.29, 0.717) is 16.6 Å². The standard InChI is InChI=1S/C17H14Cl2N2/c18-15-7-6-13(16(19)9-15)10-20-11-14-4-1-3-12-5-2-8-21-17(12)14/h1-9,20H,10-11H2. The summed E-state index contributed by atoms with van der Waals surface area (Å²) in [5.74, 6) is 0. The molecular weight excluding hydrogens is 303 g/mol. The van der Waals surface area contributed by atoms with Gasteiger partial charge in [0.05, 0.1) is 5.52 Å². The molecule has 2 aromatic carbocycles. The quantitative estimate of drug-likeness (QED) is 0.745. The van der Waals surface area contributed by atoms with Gasteiger partial charge in [-0.1, -0.05) is 53.5 Å². The number of hydrogen-bond donors (Lipinski definition) is 1. The van der Waals surface area contributed by atoms with Crippen molar-refractivity contribution in [2.24, 2.45) is 0 Å². The number of nitrogens with zero attached hydrogens (tertiary/aromatic N) is 1. The third-order valence-corrected chi connectivity index (χ3v) is 3.95. The SMILES string of the molecule is Clc1ccc(CNCc2cccc3cccnc23)c(Cl)c1. The Bertz CT molecular complexity index is 766. The zero-order valence-electron chi connectivity index (χ0n) is 11.3. The molecule has 0 bridgehead atoms. The molecule has 21 heavy (non-hydrogen) atoms. The van der Waals surface area contributed by atoms with Gasteiger partial charge in [-0.3, -0.25) is 4.98 Å². The van der Waals surface area contributed by atoms with Crippen LogP contribution in [0.15, 0.2) is 54.7 Å². The summed E-state index contributed by atoms with van der Waals surface area (Å²) < 4.78 is 0. The van der Waals surface area contributed by atoms with Crippen molar-refractivity contribution in [2.45, 2.75) is 13.1 Å². The first-order valence-corrected chi connectivity index (χ1v) is 7.47. The third kappa shape index (κ3) is 3.35. The number of pyridine rings is 1. The fourth-order valence-corrected chi connectivity index (χ4v) is 2.78. The number of benzene rings is 2. The highest BCUT2D eigenvalue weighted by Gasteiger charge is 2.03. The second-order valence-electron chi connectivity index (χ2n) is 4.83. The van der Waals surface area contributed by atoms with E-state index in [1.54, 1.807) is 6.07 Å². The molecule has 0 aliphatic carbocycles. The molecule has 106 valence electrons. The lowest BCUT2D eigenvalue weighted by atomic mass is 10.1. The van der Waals surface area contributed by atoms with E-state index in [-0.39, 0.29) is 0 Å². The van der Waals surface area contributed by atoms with Gasteiger partial charge in [0, 0.05) is 34.7 Å². The Morgan fingerprint density at radius 3 is 2.57 bits per heavy atom. The van der Waals surface area contributed by atoms with Crippen LogP contribution in [0, 0.1) is 0 Å². The highest BCUT2D eigenvalue weighted by atomic mass is 35.5. The third-order valence-electron chi connectivity index (χ3n) is 3.36. The van der Waals surface area contributed by atoms with Gasteiger partial charge in [-0.15, -0.1) is 0 Å². The van der Waals surface area contributed by atoms with Crippen LogP contribution in [0.5, 0.6) is 0 Å². The maximum absolute atomic E-state index is 6.17. The molecule has 1 N–H and O–H groups in total. The van der Waals surface area contributed by atoms with Gasteiger partial charge in [0.15, 0.2) is 0 Å². The monoisotopic (exact) mass is 316 g/mol. The number of nitrogens with one attached hydrogen (secondary N) is 1. The molecule has 3 rings (SSSR count). The van der Waals surface area contributed by atoms with E-state index in [2.05, 4.69) is 34.6 Å². The Morgan fingerprint density at radius 2 is 1.71 bits per heavy atom. The number of fused-ring (bicyclic) bond motifs is 1. The van der Waals surface area contributed by atoms with Gasteiger partial charge in [0.1, 0.15) is 0 Å². The Labute approximate surface area is 133 Å². The minimum Gasteiger partial charge on any atom is -0.308 e. The largest absolute Gasteiger partial charge is 0.308 e. The van der Waals surface area contributed by atoms with Crippen LogP contribution in [0.1, 0.15) is 11.1 Å². The Balaban J connectivity index is 1.72. The van der Waals surface area contributed by atoms with E-state index < -0.39 is 0 Å². The molecule has 0 amide bonds. The van der Waals surface area contributed by atoms with Gasteiger partial charge >= 0.3 is 0 Å². The molecule has 0 saturated heterocycles. The minimum atomic E-state index is 0.655. The molecular formula is C17H14Cl2N2. The highest BCUT2D eigenvalue weighted by molar-refractivity contribution is 6.35. The lowest BCUT2D eigenvalue weighted by molar-refractivity contribution is 0.696. The van der Waals surface area contributed by atoms with Crippen molar-refractivity contribution in [3.8, 4) is 0 Å². The number of hydrogen-bond acceptors (Lipinski definition) is 2. The number of halogens is 2. The molecule has 0 radical (unpaired) electrons. The molecule has 3 aromatic rings. The first kappa shape index (κ1) is 14.3. The van der Waals surface area contributed by atoms with E-state index in [0.717, 1.165) is 23.0 Å². The van der Waals surface area contributed by atoms with E-state index in [4.69, 9.17) is 23.2 Å². The molecule has 0 spiro atoms. The summed E-state index contributed by atoms with van der Waals surface area (Å²) in [4.78, 5) is 4.45. The van der Waals surface area contributed by atoms with Gasteiger partial charge in [-0.25, -0.2) is 0 Å². The van der Waals surface area contributed by atoms with Crippen LogP contribution in [0.4, 0.5) is 0 Å². The fraction of sp³-hybridized carbons (Fsp3) is 0.118. The number of para-hydroxylation sites is 1. The molecule has 2 nitrogen and oxygen atoms in total. The summed E-state index contributed by atoms with van der Waals surface area (Å²) in [5.41, 5.74) is 3.25. The summed E-state index contributed by atoms with van der Waals surface area (Å²) >= 11 is 12.1. The summed E-state index contributed by atoms with van der Waals surface area (Å²) in [5, 5.41) is 5.90. The summed E-state index contributed by atoms with van der Waals surface area (Å²) in [6.45, 7) is 1.44. The van der Waals surface area contributed by atoms with E-state index in [1.807, 2.05) is 24.4 Å². The van der Waals surface area contributed by atoms with Crippen LogP contribution in [0.25, 0.3) is 10.9 Å². The lowest BCUT2D eigenvalue weighted by Gasteiger charge is -2.09. The smallest absolute Gasteiger partial charge is 0.0746 e. The number of rotatable bonds is 4. The predicted molar refractivity (Wildman–Crippen MR) is 88.7 cm³/mol. The molecule has 0 fully saturated rings. The molecule has 0 unspecified atom stereocenters. The second-order valence-corrected chi connectivity index (χ2v) is 5.68. The van der Waals surface area contributed by atoms with Crippen LogP contribution in [0.2, 0.25) is 10.0 Å². The van der Waals surface area contributed by atoms with Crippen molar-refractivity contribution in [3.05, 3.63) is 75.9 Å². The Kier molecular flexibility index (Phi) is 4.39. The number of aromatic nitrogens is 1. The zero-order chi connectivity index (χ0) is 14.7. The van der Waals surface area contributed by atoms with Crippen molar-refractivity contribution < 1.29 is 0 Å². The topological polar surface area (TPSA) is 24.9 Å². The van der Waals surface area contributed by atoms with Crippen molar-refractivity contribution in [1.29, 1.82) is 0 Å². The van der Waals surface area contributed by atoms with Gasteiger partial charge in [-0.05, 0) is 29.3 Å². The molecule has 0 saturated carbocycles. The average Bonchev–Trinajstić information content (AvgIpc) is 2.50. The van der Waals surface area contributed by atoms with E-state index in [1.165, 1.54) is 5.56 Å². The van der Waals surface area contributed by atoms with Crippen LogP contribution < -0.4 is 5.32 Å². The van der Waals surface area contributed by atoms with Crippen molar-refractivity contribution in [2.75, 3.05) is 0 Å². The van der Waals surface area contributed by atoms with Crippen molar-refractivity contribution >= 4 is 34.1 Å². The zero-order valence-corrected chi connectivity index (χ0v) is 12.8. The summed E-state index contributed by atoms with van der Waals surface area (Å²) in [6.07, 6.45) is 1.82. The van der Waals surface area contributed by atoms with Crippen LogP contribution >= 0.6 is 23.2 Å².